The molecule has 0 heterocycles. The quantitative estimate of drug-likeness (QED) is 0.775. The van der Waals surface area contributed by atoms with Crippen molar-refractivity contribution in [2.24, 2.45) is 16.0 Å². The minimum Gasteiger partial charge on any atom is -0.326 e. The van der Waals surface area contributed by atoms with E-state index in [9.17, 15) is 0 Å². The van der Waals surface area contributed by atoms with Gasteiger partial charge in [0.05, 0.1) is 11.4 Å². The van der Waals surface area contributed by atoms with Crippen molar-refractivity contribution in [2.75, 3.05) is 0 Å². The van der Waals surface area contributed by atoms with E-state index in [4.69, 9.17) is 5.73 Å². The van der Waals surface area contributed by atoms with Crippen LogP contribution >= 0.6 is 0 Å². The monoisotopic (exact) mass is 211 g/mol. The van der Waals surface area contributed by atoms with Gasteiger partial charge in [0.1, 0.15) is 0 Å². The Hall–Kier alpha value is -2.00. The van der Waals surface area contributed by atoms with Gasteiger partial charge in [-0.25, -0.2) is 0 Å². The van der Waals surface area contributed by atoms with Crippen LogP contribution in [-0.2, 0) is 6.54 Å². The molecule has 0 aliphatic rings. The topological polar surface area (TPSA) is 50.7 Å². The Labute approximate surface area is 94.6 Å². The molecule has 0 radical (unpaired) electrons. The highest BCUT2D eigenvalue weighted by Crippen LogP contribution is 2.17. The lowest BCUT2D eigenvalue weighted by atomic mass is 10.2. The normalized spacial score (nSPS) is 10.8. The summed E-state index contributed by atoms with van der Waals surface area (Å²) in [5.41, 5.74) is 8.29. The van der Waals surface area contributed by atoms with E-state index in [-0.39, 0.29) is 0 Å². The van der Waals surface area contributed by atoms with Crippen LogP contribution in [0.5, 0.6) is 0 Å². The number of azo groups is 1. The SMILES string of the molecule is NCc1ccc(/N=N/c2ccccc2)cc1. The Kier molecular flexibility index (Phi) is 3.41. The number of nitrogens with two attached hydrogens (primary N) is 1. The van der Waals surface area contributed by atoms with E-state index in [0.717, 1.165) is 16.9 Å². The van der Waals surface area contributed by atoms with Gasteiger partial charge in [-0.05, 0) is 29.8 Å². The molecule has 2 aromatic rings. The maximum Gasteiger partial charge on any atom is 0.0857 e. The van der Waals surface area contributed by atoms with E-state index in [1.165, 1.54) is 0 Å². The molecule has 0 amide bonds. The summed E-state index contributed by atoms with van der Waals surface area (Å²) in [6.07, 6.45) is 0. The van der Waals surface area contributed by atoms with E-state index < -0.39 is 0 Å². The molecule has 0 bridgehead atoms. The molecule has 0 aromatic heterocycles. The van der Waals surface area contributed by atoms with Crippen LogP contribution in [-0.4, -0.2) is 0 Å². The second-order valence-corrected chi connectivity index (χ2v) is 3.41. The van der Waals surface area contributed by atoms with Gasteiger partial charge in [-0.1, -0.05) is 30.3 Å². The fourth-order valence-corrected chi connectivity index (χ4v) is 1.31. The van der Waals surface area contributed by atoms with E-state index in [2.05, 4.69) is 10.2 Å². The zero-order valence-corrected chi connectivity index (χ0v) is 8.88. The predicted octanol–water partition coefficient (Wildman–Crippen LogP) is 3.56. The summed E-state index contributed by atoms with van der Waals surface area (Å²) in [5.74, 6) is 0. The summed E-state index contributed by atoms with van der Waals surface area (Å²) in [5, 5.41) is 8.26. The van der Waals surface area contributed by atoms with E-state index in [1.807, 2.05) is 54.6 Å². The van der Waals surface area contributed by atoms with Crippen LogP contribution < -0.4 is 5.73 Å². The fraction of sp³-hybridized carbons (Fsp3) is 0.0769. The average Bonchev–Trinajstić information content (AvgIpc) is 2.38. The van der Waals surface area contributed by atoms with Gasteiger partial charge in [-0.2, -0.15) is 10.2 Å². The summed E-state index contributed by atoms with van der Waals surface area (Å²) in [7, 11) is 0. The largest absolute Gasteiger partial charge is 0.326 e. The molecule has 16 heavy (non-hydrogen) atoms. The van der Waals surface area contributed by atoms with Gasteiger partial charge >= 0.3 is 0 Å². The van der Waals surface area contributed by atoms with Crippen LogP contribution in [0.3, 0.4) is 0 Å². The molecule has 0 spiro atoms. The number of hydrogen-bond donors (Lipinski definition) is 1. The van der Waals surface area contributed by atoms with E-state index in [1.54, 1.807) is 0 Å². The first-order valence-corrected chi connectivity index (χ1v) is 5.14. The number of benzene rings is 2. The van der Waals surface area contributed by atoms with Crippen molar-refractivity contribution in [1.82, 2.24) is 0 Å². The van der Waals surface area contributed by atoms with Crippen LogP contribution in [0.25, 0.3) is 0 Å². The first kappa shape index (κ1) is 10.5. The van der Waals surface area contributed by atoms with Gasteiger partial charge in [0, 0.05) is 6.54 Å². The third-order valence-electron chi connectivity index (χ3n) is 2.21. The third kappa shape index (κ3) is 2.74. The summed E-state index contributed by atoms with van der Waals surface area (Å²) < 4.78 is 0. The zero-order valence-electron chi connectivity index (χ0n) is 8.88. The molecule has 0 atom stereocenters. The molecule has 0 saturated carbocycles. The molecule has 0 saturated heterocycles. The van der Waals surface area contributed by atoms with Gasteiger partial charge in [-0.3, -0.25) is 0 Å². The highest BCUT2D eigenvalue weighted by atomic mass is 15.1. The van der Waals surface area contributed by atoms with Crippen molar-refractivity contribution in [3.05, 3.63) is 60.2 Å². The number of rotatable bonds is 3. The minimum atomic E-state index is 0.552. The molecule has 0 aliphatic heterocycles. The number of hydrogen-bond acceptors (Lipinski definition) is 3. The lowest BCUT2D eigenvalue weighted by molar-refractivity contribution is 1.07. The van der Waals surface area contributed by atoms with Crippen LogP contribution in [0.15, 0.2) is 64.8 Å². The van der Waals surface area contributed by atoms with Crippen LogP contribution in [0.2, 0.25) is 0 Å². The molecule has 2 aromatic carbocycles. The molecule has 3 nitrogen and oxygen atoms in total. The number of nitrogens with zero attached hydrogens (tertiary/aromatic N) is 2. The molecule has 3 heteroatoms. The summed E-state index contributed by atoms with van der Waals surface area (Å²) >= 11 is 0. The summed E-state index contributed by atoms with van der Waals surface area (Å²) in [6, 6.07) is 17.4. The smallest absolute Gasteiger partial charge is 0.0857 e. The Morgan fingerprint density at radius 2 is 1.31 bits per heavy atom. The van der Waals surface area contributed by atoms with Crippen LogP contribution in [0.1, 0.15) is 5.56 Å². The molecule has 0 aliphatic carbocycles. The predicted molar refractivity (Wildman–Crippen MR) is 65.0 cm³/mol. The van der Waals surface area contributed by atoms with Crippen molar-refractivity contribution in [1.29, 1.82) is 0 Å². The molecular formula is C13H13N3. The van der Waals surface area contributed by atoms with E-state index >= 15 is 0 Å². The van der Waals surface area contributed by atoms with Crippen LogP contribution in [0, 0.1) is 0 Å². The molecule has 2 N–H and O–H groups in total. The Balaban J connectivity index is 2.12. The molecule has 0 unspecified atom stereocenters. The summed E-state index contributed by atoms with van der Waals surface area (Å²) in [4.78, 5) is 0. The molecule has 80 valence electrons. The highest BCUT2D eigenvalue weighted by molar-refractivity contribution is 5.40. The van der Waals surface area contributed by atoms with Crippen molar-refractivity contribution < 1.29 is 0 Å². The first-order valence-electron chi connectivity index (χ1n) is 5.14. The third-order valence-corrected chi connectivity index (χ3v) is 2.21. The van der Waals surface area contributed by atoms with Crippen molar-refractivity contribution >= 4 is 11.4 Å². The van der Waals surface area contributed by atoms with Gasteiger partial charge in [0.15, 0.2) is 0 Å². The summed E-state index contributed by atoms with van der Waals surface area (Å²) in [6.45, 7) is 0.552. The fourth-order valence-electron chi connectivity index (χ4n) is 1.31. The second-order valence-electron chi connectivity index (χ2n) is 3.41. The van der Waals surface area contributed by atoms with Crippen molar-refractivity contribution in [3.63, 3.8) is 0 Å². The van der Waals surface area contributed by atoms with Crippen LogP contribution in [0.4, 0.5) is 11.4 Å². The maximum atomic E-state index is 5.51. The van der Waals surface area contributed by atoms with Gasteiger partial charge in [0.2, 0.25) is 0 Å². The lowest BCUT2D eigenvalue weighted by Gasteiger charge is -1.96. The van der Waals surface area contributed by atoms with Crippen molar-refractivity contribution in [2.45, 2.75) is 6.54 Å². The highest BCUT2D eigenvalue weighted by Gasteiger charge is 1.91. The zero-order chi connectivity index (χ0) is 11.2. The molecular weight excluding hydrogens is 198 g/mol. The molecule has 0 fully saturated rings. The molecule has 2 rings (SSSR count). The van der Waals surface area contributed by atoms with Crippen molar-refractivity contribution in [3.8, 4) is 0 Å². The van der Waals surface area contributed by atoms with Gasteiger partial charge in [0.25, 0.3) is 0 Å². The van der Waals surface area contributed by atoms with Gasteiger partial charge < -0.3 is 5.73 Å². The minimum absolute atomic E-state index is 0.552. The second kappa shape index (κ2) is 5.19. The van der Waals surface area contributed by atoms with Gasteiger partial charge in [-0.15, -0.1) is 0 Å². The standard InChI is InChI=1S/C13H13N3/c14-10-11-6-8-13(9-7-11)16-15-12-4-2-1-3-5-12/h1-9H,10,14H2/b16-15+. The maximum absolute atomic E-state index is 5.51. The van der Waals surface area contributed by atoms with E-state index in [0.29, 0.717) is 6.54 Å². The average molecular weight is 211 g/mol. The lowest BCUT2D eigenvalue weighted by Crippen LogP contribution is -1.94. The Bertz CT molecular complexity index is 460. The Morgan fingerprint density at radius 3 is 1.88 bits per heavy atom. The first-order chi connectivity index (χ1) is 7.88. The Morgan fingerprint density at radius 1 is 0.750 bits per heavy atom.